The van der Waals surface area contributed by atoms with Crippen molar-refractivity contribution in [2.45, 2.75) is 106 Å². The molecule has 2 N–H and O–H groups in total. The Morgan fingerprint density at radius 3 is 2.13 bits per heavy atom. The van der Waals surface area contributed by atoms with Crippen LogP contribution in [-0.4, -0.2) is 23.4 Å². The summed E-state index contributed by atoms with van der Waals surface area (Å²) in [6.45, 7) is 15.3. The molecule has 3 rings (SSSR count). The molecule has 0 heterocycles. The van der Waals surface area contributed by atoms with Gasteiger partial charge in [0.15, 0.2) is 0 Å². The molecule has 0 aromatic heterocycles. The van der Waals surface area contributed by atoms with E-state index in [2.05, 4.69) is 41.5 Å². The molecule has 0 spiro atoms. The number of aliphatic hydroxyl groups is 2. The van der Waals surface area contributed by atoms with Gasteiger partial charge < -0.3 is 10.2 Å². The molecule has 0 aromatic carbocycles. The van der Waals surface area contributed by atoms with Crippen LogP contribution >= 0.6 is 0 Å². The molecule has 0 amide bonds. The molecule has 176 valence electrons. The summed E-state index contributed by atoms with van der Waals surface area (Å²) in [4.78, 5) is 0. The predicted molar refractivity (Wildman–Crippen MR) is 127 cm³/mol. The van der Waals surface area contributed by atoms with Crippen LogP contribution in [0.3, 0.4) is 0 Å². The molecule has 2 heteroatoms. The molecule has 0 saturated heterocycles. The summed E-state index contributed by atoms with van der Waals surface area (Å²) in [6.07, 6.45) is 13.1. The molecule has 3 saturated carbocycles. The topological polar surface area (TPSA) is 40.5 Å². The first-order chi connectivity index (χ1) is 14.2. The van der Waals surface area contributed by atoms with Crippen molar-refractivity contribution >= 4 is 0 Å². The van der Waals surface area contributed by atoms with E-state index in [0.29, 0.717) is 42.3 Å². The van der Waals surface area contributed by atoms with Crippen LogP contribution in [0.1, 0.15) is 106 Å². The van der Waals surface area contributed by atoms with Gasteiger partial charge in [0.2, 0.25) is 0 Å². The first-order valence-electron chi connectivity index (χ1n) is 13.4. The molecule has 2 nitrogen and oxygen atoms in total. The highest BCUT2D eigenvalue weighted by atomic mass is 16.3. The fourth-order valence-electron chi connectivity index (χ4n) is 8.79. The van der Waals surface area contributed by atoms with Crippen molar-refractivity contribution in [3.8, 4) is 0 Å². The van der Waals surface area contributed by atoms with Crippen LogP contribution in [0.25, 0.3) is 0 Å². The molecule has 0 unspecified atom stereocenters. The quantitative estimate of drug-likeness (QED) is 0.447. The van der Waals surface area contributed by atoms with Gasteiger partial charge in [0.25, 0.3) is 0 Å². The summed E-state index contributed by atoms with van der Waals surface area (Å²) in [5, 5.41) is 20.9. The number of fused-ring (bicyclic) bond motifs is 1. The van der Waals surface area contributed by atoms with E-state index < -0.39 is 0 Å². The van der Waals surface area contributed by atoms with Crippen molar-refractivity contribution < 1.29 is 10.2 Å². The third-order valence-corrected chi connectivity index (χ3v) is 10.7. The van der Waals surface area contributed by atoms with Crippen molar-refractivity contribution in [2.75, 3.05) is 13.2 Å². The smallest absolute Gasteiger partial charge is 0.0464 e. The zero-order valence-corrected chi connectivity index (χ0v) is 21.0. The lowest BCUT2D eigenvalue weighted by atomic mass is 9.48. The number of hydrogen-bond donors (Lipinski definition) is 2. The Balaban J connectivity index is 1.75. The van der Waals surface area contributed by atoms with Crippen molar-refractivity contribution in [3.63, 3.8) is 0 Å². The molecule has 3 fully saturated rings. The predicted octanol–water partition coefficient (Wildman–Crippen LogP) is 6.93. The largest absolute Gasteiger partial charge is 0.396 e. The third kappa shape index (κ3) is 4.52. The molecule has 3 aliphatic rings. The maximum atomic E-state index is 10.6. The van der Waals surface area contributed by atoms with Gasteiger partial charge in [0, 0.05) is 13.2 Å². The average molecular weight is 421 g/mol. The Labute approximate surface area is 187 Å². The van der Waals surface area contributed by atoms with Crippen LogP contribution in [-0.2, 0) is 0 Å². The second-order valence-electron chi connectivity index (χ2n) is 12.9. The average Bonchev–Trinajstić information content (AvgIpc) is 3.05. The summed E-state index contributed by atoms with van der Waals surface area (Å²) in [6, 6.07) is 0. The Morgan fingerprint density at radius 1 is 0.833 bits per heavy atom. The van der Waals surface area contributed by atoms with Gasteiger partial charge in [-0.15, -0.1) is 0 Å². The first-order valence-corrected chi connectivity index (χ1v) is 13.4. The number of rotatable bonds is 8. The lowest BCUT2D eigenvalue weighted by Gasteiger charge is -2.57. The van der Waals surface area contributed by atoms with Crippen LogP contribution in [0.4, 0.5) is 0 Å². The lowest BCUT2D eigenvalue weighted by Crippen LogP contribution is -2.52. The lowest BCUT2D eigenvalue weighted by molar-refractivity contribution is -0.109. The van der Waals surface area contributed by atoms with E-state index in [1.807, 2.05) is 0 Å². The number of aliphatic hydroxyl groups excluding tert-OH is 2. The highest BCUT2D eigenvalue weighted by Gasteiger charge is 2.58. The van der Waals surface area contributed by atoms with E-state index in [9.17, 15) is 10.2 Å². The maximum absolute atomic E-state index is 10.6. The zero-order valence-electron chi connectivity index (χ0n) is 21.0. The second-order valence-corrected chi connectivity index (χ2v) is 12.9. The third-order valence-electron chi connectivity index (χ3n) is 10.7. The molecule has 0 bridgehead atoms. The van der Waals surface area contributed by atoms with Crippen LogP contribution < -0.4 is 0 Å². The van der Waals surface area contributed by atoms with Gasteiger partial charge in [0.1, 0.15) is 0 Å². The molecule has 0 radical (unpaired) electrons. The normalized spacial score (nSPS) is 45.5. The van der Waals surface area contributed by atoms with E-state index in [0.717, 1.165) is 23.7 Å². The van der Waals surface area contributed by atoms with Crippen molar-refractivity contribution in [3.05, 3.63) is 0 Å². The molecular formula is C28H52O2. The summed E-state index contributed by atoms with van der Waals surface area (Å²) in [5.41, 5.74) is 0.616. The van der Waals surface area contributed by atoms with E-state index >= 15 is 0 Å². The zero-order chi connectivity index (χ0) is 22.1. The van der Waals surface area contributed by atoms with E-state index in [-0.39, 0.29) is 5.41 Å². The fraction of sp³-hybridized carbons (Fsp3) is 1.00. The summed E-state index contributed by atoms with van der Waals surface area (Å²) < 4.78 is 0. The molecular weight excluding hydrogens is 368 g/mol. The summed E-state index contributed by atoms with van der Waals surface area (Å²) in [5.74, 6) is 5.30. The van der Waals surface area contributed by atoms with E-state index in [4.69, 9.17) is 0 Å². The Bertz CT molecular complexity index is 545. The Hall–Kier alpha value is -0.0800. The minimum Gasteiger partial charge on any atom is -0.396 e. The van der Waals surface area contributed by atoms with Gasteiger partial charge in [-0.25, -0.2) is 0 Å². The van der Waals surface area contributed by atoms with Gasteiger partial charge in [-0.3, -0.25) is 0 Å². The molecule has 0 aromatic rings. The van der Waals surface area contributed by atoms with Gasteiger partial charge in [-0.2, -0.15) is 0 Å². The van der Waals surface area contributed by atoms with Crippen LogP contribution in [0.15, 0.2) is 0 Å². The Kier molecular flexibility index (Phi) is 8.04. The maximum Gasteiger partial charge on any atom is 0.0464 e. The molecule has 0 aliphatic heterocycles. The van der Waals surface area contributed by atoms with Gasteiger partial charge in [0.05, 0.1) is 0 Å². The monoisotopic (exact) mass is 420 g/mol. The van der Waals surface area contributed by atoms with Crippen LogP contribution in [0, 0.1) is 58.2 Å². The molecule has 30 heavy (non-hydrogen) atoms. The van der Waals surface area contributed by atoms with Crippen LogP contribution in [0.5, 0.6) is 0 Å². The second kappa shape index (κ2) is 9.82. The van der Waals surface area contributed by atoms with Gasteiger partial charge >= 0.3 is 0 Å². The minimum absolute atomic E-state index is 0.205. The summed E-state index contributed by atoms with van der Waals surface area (Å²) in [7, 11) is 0. The SMILES string of the molecule is CC(C)CCC[C@@H](C)[C@H]1CC[C@H]2[C@H](CO)[C@@H]([C@@]3(C)CC[C@H](C)C[C@@H]3CO)CC[C@]12C. The van der Waals surface area contributed by atoms with Gasteiger partial charge in [-0.05, 0) is 96.7 Å². The number of hydrogen-bond acceptors (Lipinski definition) is 2. The van der Waals surface area contributed by atoms with Crippen molar-refractivity contribution in [1.29, 1.82) is 0 Å². The highest BCUT2D eigenvalue weighted by molar-refractivity contribution is 5.07. The van der Waals surface area contributed by atoms with Crippen molar-refractivity contribution in [1.82, 2.24) is 0 Å². The van der Waals surface area contributed by atoms with Gasteiger partial charge in [-0.1, -0.05) is 67.2 Å². The highest BCUT2D eigenvalue weighted by Crippen LogP contribution is 2.65. The summed E-state index contributed by atoms with van der Waals surface area (Å²) >= 11 is 0. The van der Waals surface area contributed by atoms with E-state index in [1.165, 1.54) is 64.2 Å². The van der Waals surface area contributed by atoms with Crippen molar-refractivity contribution in [2.24, 2.45) is 58.2 Å². The minimum atomic E-state index is 0.205. The van der Waals surface area contributed by atoms with E-state index in [1.54, 1.807) is 0 Å². The standard InChI is InChI=1S/C28H52O2/c1-19(2)8-7-9-21(4)24-10-11-25-23(18-30)26(13-15-28(24,25)6)27(5)14-12-20(3)16-22(27)17-29/h19-26,29-30H,7-18H2,1-6H3/t20-,21+,22+,23-,24+,25-,26-,27-,28+/m0/s1. The Morgan fingerprint density at radius 2 is 1.50 bits per heavy atom. The molecule has 3 aliphatic carbocycles. The molecule has 9 atom stereocenters. The van der Waals surface area contributed by atoms with Crippen LogP contribution in [0.2, 0.25) is 0 Å². The first kappa shape index (κ1) is 24.6. The fourth-order valence-corrected chi connectivity index (χ4v) is 8.79.